The van der Waals surface area contributed by atoms with E-state index in [0.29, 0.717) is 37.5 Å². The number of ether oxygens (including phenoxy) is 2. The Labute approximate surface area is 165 Å². The van der Waals surface area contributed by atoms with E-state index in [1.54, 1.807) is 36.1 Å². The fourth-order valence-corrected chi connectivity index (χ4v) is 3.86. The van der Waals surface area contributed by atoms with Gasteiger partial charge in [0.2, 0.25) is 5.91 Å². The minimum atomic E-state index is -0.763. The van der Waals surface area contributed by atoms with Gasteiger partial charge in [0.15, 0.2) is 0 Å². The van der Waals surface area contributed by atoms with Gasteiger partial charge in [-0.25, -0.2) is 4.79 Å². The highest BCUT2D eigenvalue weighted by Crippen LogP contribution is 2.27. The number of amides is 2. The van der Waals surface area contributed by atoms with Crippen LogP contribution in [-0.4, -0.2) is 60.6 Å². The van der Waals surface area contributed by atoms with Crippen molar-refractivity contribution in [3.05, 3.63) is 29.8 Å². The Balaban J connectivity index is 1.55. The number of nitrogens with zero attached hydrogens (tertiary/aromatic N) is 2. The van der Waals surface area contributed by atoms with Crippen molar-refractivity contribution in [2.45, 2.75) is 39.0 Å². The first kappa shape index (κ1) is 20.2. The molecule has 28 heavy (non-hydrogen) atoms. The summed E-state index contributed by atoms with van der Waals surface area (Å²) in [6, 6.07) is 6.45. The zero-order chi connectivity index (χ0) is 19.9. The van der Waals surface area contributed by atoms with Crippen LogP contribution in [0, 0.1) is 5.92 Å². The Morgan fingerprint density at radius 1 is 0.929 bits per heavy atom. The molecule has 2 aliphatic rings. The first-order valence-corrected chi connectivity index (χ1v) is 10.1. The molecule has 1 saturated carbocycles. The molecule has 2 amide bonds. The largest absolute Gasteiger partial charge is 0.513 e. The first-order chi connectivity index (χ1) is 13.6. The molecule has 0 aromatic heterocycles. The molecule has 0 spiro atoms. The Kier molecular flexibility index (Phi) is 6.90. The lowest BCUT2D eigenvalue weighted by Gasteiger charge is -2.24. The maximum Gasteiger partial charge on any atom is 0.513 e. The van der Waals surface area contributed by atoms with Crippen molar-refractivity contribution in [3.63, 3.8) is 0 Å². The van der Waals surface area contributed by atoms with Crippen molar-refractivity contribution in [2.75, 3.05) is 32.8 Å². The zero-order valence-corrected chi connectivity index (χ0v) is 16.4. The average Bonchev–Trinajstić information content (AvgIpc) is 3.12. The molecule has 1 aromatic carbocycles. The second kappa shape index (κ2) is 9.57. The molecule has 0 N–H and O–H groups in total. The number of carbonyl (C=O) groups is 3. The maximum atomic E-state index is 12.8. The minimum absolute atomic E-state index is 0.0714. The van der Waals surface area contributed by atoms with Gasteiger partial charge in [0.25, 0.3) is 5.91 Å². The monoisotopic (exact) mass is 388 g/mol. The highest BCUT2D eigenvalue weighted by Gasteiger charge is 2.29. The Morgan fingerprint density at radius 2 is 1.57 bits per heavy atom. The quantitative estimate of drug-likeness (QED) is 0.585. The van der Waals surface area contributed by atoms with Crippen molar-refractivity contribution in [2.24, 2.45) is 5.92 Å². The number of hydrogen-bond acceptors (Lipinski definition) is 5. The Morgan fingerprint density at radius 3 is 2.25 bits per heavy atom. The summed E-state index contributed by atoms with van der Waals surface area (Å²) in [5, 5.41) is 0. The molecular formula is C21H28N2O5. The van der Waals surface area contributed by atoms with Crippen LogP contribution in [0.3, 0.4) is 0 Å². The van der Waals surface area contributed by atoms with Gasteiger partial charge in [-0.15, -0.1) is 0 Å². The average molecular weight is 388 g/mol. The molecule has 0 atom stereocenters. The van der Waals surface area contributed by atoms with Gasteiger partial charge in [-0.1, -0.05) is 12.8 Å². The van der Waals surface area contributed by atoms with Crippen LogP contribution in [0.25, 0.3) is 0 Å². The molecule has 1 saturated heterocycles. The van der Waals surface area contributed by atoms with Crippen LogP contribution in [0.1, 0.15) is 49.4 Å². The summed E-state index contributed by atoms with van der Waals surface area (Å²) in [6.45, 7) is 4.42. The number of benzene rings is 1. The van der Waals surface area contributed by atoms with E-state index in [2.05, 4.69) is 0 Å². The van der Waals surface area contributed by atoms with Crippen molar-refractivity contribution < 1.29 is 23.9 Å². The molecule has 1 aliphatic heterocycles. The predicted octanol–water partition coefficient (Wildman–Crippen LogP) is 3.09. The molecule has 0 unspecified atom stereocenters. The third-order valence-electron chi connectivity index (χ3n) is 5.36. The van der Waals surface area contributed by atoms with Gasteiger partial charge >= 0.3 is 6.16 Å². The van der Waals surface area contributed by atoms with Crippen molar-refractivity contribution in [1.29, 1.82) is 0 Å². The standard InChI is InChI=1S/C21H28N2O5/c1-2-27-21(26)28-18-10-8-17(9-11-18)20(25)23-13-5-12-22(14-15-23)19(24)16-6-3-4-7-16/h8-11,16H,2-7,12-15H2,1H3. The molecule has 1 aliphatic carbocycles. The van der Waals surface area contributed by atoms with E-state index >= 15 is 0 Å². The van der Waals surface area contributed by atoms with E-state index in [1.165, 1.54) is 0 Å². The molecule has 152 valence electrons. The van der Waals surface area contributed by atoms with Crippen LogP contribution in [0.4, 0.5) is 4.79 Å². The molecule has 7 heteroatoms. The Bertz CT molecular complexity index is 697. The lowest BCUT2D eigenvalue weighted by atomic mass is 10.1. The maximum absolute atomic E-state index is 12.8. The summed E-state index contributed by atoms with van der Waals surface area (Å²) < 4.78 is 9.74. The summed E-state index contributed by atoms with van der Waals surface area (Å²) in [5.74, 6) is 0.693. The van der Waals surface area contributed by atoms with Crippen LogP contribution in [0.2, 0.25) is 0 Å². The topological polar surface area (TPSA) is 76.2 Å². The zero-order valence-electron chi connectivity index (χ0n) is 16.4. The smallest absolute Gasteiger partial charge is 0.434 e. The molecule has 2 fully saturated rings. The minimum Gasteiger partial charge on any atom is -0.434 e. The van der Waals surface area contributed by atoms with Gasteiger partial charge in [0.1, 0.15) is 5.75 Å². The van der Waals surface area contributed by atoms with Crippen LogP contribution in [0.15, 0.2) is 24.3 Å². The van der Waals surface area contributed by atoms with E-state index in [1.807, 2.05) is 4.90 Å². The molecule has 3 rings (SSSR count). The summed E-state index contributed by atoms with van der Waals surface area (Å²) in [7, 11) is 0. The summed E-state index contributed by atoms with van der Waals surface area (Å²) in [4.78, 5) is 40.5. The van der Waals surface area contributed by atoms with E-state index in [0.717, 1.165) is 32.1 Å². The number of rotatable bonds is 4. The highest BCUT2D eigenvalue weighted by atomic mass is 16.7. The fraction of sp³-hybridized carbons (Fsp3) is 0.571. The van der Waals surface area contributed by atoms with Gasteiger partial charge in [0, 0.05) is 37.7 Å². The third-order valence-corrected chi connectivity index (χ3v) is 5.36. The van der Waals surface area contributed by atoms with Crippen LogP contribution < -0.4 is 4.74 Å². The number of hydrogen-bond donors (Lipinski definition) is 0. The lowest BCUT2D eigenvalue weighted by Crippen LogP contribution is -2.39. The first-order valence-electron chi connectivity index (χ1n) is 10.1. The van der Waals surface area contributed by atoms with Gasteiger partial charge in [0.05, 0.1) is 6.61 Å². The molecule has 7 nitrogen and oxygen atoms in total. The van der Waals surface area contributed by atoms with Gasteiger partial charge in [-0.3, -0.25) is 9.59 Å². The summed E-state index contributed by atoms with van der Waals surface area (Å²) in [6.07, 6.45) is 4.31. The van der Waals surface area contributed by atoms with Gasteiger partial charge in [-0.2, -0.15) is 0 Å². The summed E-state index contributed by atoms with van der Waals surface area (Å²) in [5.41, 5.74) is 0.534. The molecule has 1 aromatic rings. The van der Waals surface area contributed by atoms with Crippen LogP contribution in [-0.2, 0) is 9.53 Å². The van der Waals surface area contributed by atoms with Crippen LogP contribution >= 0.6 is 0 Å². The van der Waals surface area contributed by atoms with Crippen molar-refractivity contribution >= 4 is 18.0 Å². The normalized spacial score (nSPS) is 17.9. The third kappa shape index (κ3) is 5.03. The van der Waals surface area contributed by atoms with E-state index in [-0.39, 0.29) is 24.3 Å². The SMILES string of the molecule is CCOC(=O)Oc1ccc(C(=O)N2CCCN(C(=O)C3CCCC3)CC2)cc1. The predicted molar refractivity (Wildman–Crippen MR) is 103 cm³/mol. The van der Waals surface area contributed by atoms with E-state index in [4.69, 9.17) is 9.47 Å². The van der Waals surface area contributed by atoms with Gasteiger partial charge in [-0.05, 0) is 50.5 Å². The highest BCUT2D eigenvalue weighted by molar-refractivity contribution is 5.94. The second-order valence-corrected chi connectivity index (χ2v) is 7.26. The molecular weight excluding hydrogens is 360 g/mol. The number of carbonyl (C=O) groups excluding carboxylic acids is 3. The van der Waals surface area contributed by atoms with Crippen molar-refractivity contribution in [3.8, 4) is 5.75 Å². The molecule has 0 radical (unpaired) electrons. The second-order valence-electron chi connectivity index (χ2n) is 7.26. The van der Waals surface area contributed by atoms with E-state index in [9.17, 15) is 14.4 Å². The fourth-order valence-electron chi connectivity index (χ4n) is 3.86. The van der Waals surface area contributed by atoms with Crippen LogP contribution in [0.5, 0.6) is 5.75 Å². The molecule has 1 heterocycles. The summed E-state index contributed by atoms with van der Waals surface area (Å²) >= 11 is 0. The lowest BCUT2D eigenvalue weighted by molar-refractivity contribution is -0.135. The van der Waals surface area contributed by atoms with E-state index < -0.39 is 6.16 Å². The van der Waals surface area contributed by atoms with Gasteiger partial charge < -0.3 is 19.3 Å². The molecule has 0 bridgehead atoms. The van der Waals surface area contributed by atoms with Crippen molar-refractivity contribution in [1.82, 2.24) is 9.80 Å². The Hall–Kier alpha value is -2.57.